The molecule has 110 valence electrons. The summed E-state index contributed by atoms with van der Waals surface area (Å²) >= 11 is 0. The molecule has 0 bridgehead atoms. The van der Waals surface area contributed by atoms with Crippen molar-refractivity contribution in [1.29, 1.82) is 0 Å². The predicted molar refractivity (Wildman–Crippen MR) is 84.7 cm³/mol. The first-order valence-electron chi connectivity index (χ1n) is 8.24. The maximum absolute atomic E-state index is 3.48. The van der Waals surface area contributed by atoms with Gasteiger partial charge in [-0.1, -0.05) is 38.0 Å². The van der Waals surface area contributed by atoms with Crippen LogP contribution in [-0.2, 0) is 19.5 Å². The van der Waals surface area contributed by atoms with Crippen molar-refractivity contribution in [1.82, 2.24) is 10.2 Å². The van der Waals surface area contributed by atoms with Crippen LogP contribution in [0.3, 0.4) is 0 Å². The van der Waals surface area contributed by atoms with E-state index in [2.05, 4.69) is 42.4 Å². The third-order valence-corrected chi connectivity index (χ3v) is 5.12. The molecule has 0 spiro atoms. The average molecular weight is 272 g/mol. The van der Waals surface area contributed by atoms with Gasteiger partial charge in [0.1, 0.15) is 0 Å². The molecule has 1 heterocycles. The largest absolute Gasteiger partial charge is 0.312 e. The lowest BCUT2D eigenvalue weighted by atomic mass is 9.86. The summed E-state index contributed by atoms with van der Waals surface area (Å²) in [7, 11) is 2.31. The van der Waals surface area contributed by atoms with E-state index in [1.807, 2.05) is 0 Å². The minimum Gasteiger partial charge on any atom is -0.312 e. The van der Waals surface area contributed by atoms with Crippen LogP contribution in [0.15, 0.2) is 18.2 Å². The monoisotopic (exact) mass is 272 g/mol. The van der Waals surface area contributed by atoms with Gasteiger partial charge in [-0.3, -0.25) is 4.90 Å². The maximum atomic E-state index is 3.48. The number of hydrogen-bond acceptors (Lipinski definition) is 2. The maximum Gasteiger partial charge on any atom is 0.0233 e. The molecule has 1 aromatic carbocycles. The van der Waals surface area contributed by atoms with Crippen LogP contribution in [0.1, 0.15) is 49.3 Å². The number of nitrogens with one attached hydrogen (secondary N) is 1. The fraction of sp³-hybridized carbons (Fsp3) is 0.667. The summed E-state index contributed by atoms with van der Waals surface area (Å²) in [5.74, 6) is 0.906. The fourth-order valence-corrected chi connectivity index (χ4v) is 3.85. The summed E-state index contributed by atoms with van der Waals surface area (Å²) in [6.07, 6.45) is 6.78. The molecule has 1 aliphatic carbocycles. The molecule has 2 unspecified atom stereocenters. The van der Waals surface area contributed by atoms with Gasteiger partial charge >= 0.3 is 0 Å². The molecule has 2 heteroatoms. The Balaban J connectivity index is 1.64. The van der Waals surface area contributed by atoms with Gasteiger partial charge in [0.05, 0.1) is 0 Å². The van der Waals surface area contributed by atoms with Crippen molar-refractivity contribution in [3.05, 3.63) is 34.9 Å². The zero-order valence-corrected chi connectivity index (χ0v) is 13.0. The molecular formula is C18H28N2. The zero-order chi connectivity index (χ0) is 13.9. The number of nitrogens with zero attached hydrogens (tertiary/aromatic N) is 1. The summed E-state index contributed by atoms with van der Waals surface area (Å²) in [6.45, 7) is 5.69. The van der Waals surface area contributed by atoms with Gasteiger partial charge in [0.25, 0.3) is 0 Å². The van der Waals surface area contributed by atoms with E-state index < -0.39 is 0 Å². The Labute approximate surface area is 123 Å². The number of benzene rings is 1. The molecule has 0 radical (unpaired) electrons. The molecule has 1 aromatic rings. The zero-order valence-electron chi connectivity index (χ0n) is 13.0. The molecule has 0 saturated heterocycles. The molecule has 2 atom stereocenters. The Hall–Kier alpha value is -0.860. The second-order valence-corrected chi connectivity index (χ2v) is 6.87. The van der Waals surface area contributed by atoms with Crippen molar-refractivity contribution in [2.45, 2.75) is 58.2 Å². The molecule has 3 rings (SSSR count). The van der Waals surface area contributed by atoms with Gasteiger partial charge in [-0.15, -0.1) is 0 Å². The third kappa shape index (κ3) is 3.24. The van der Waals surface area contributed by atoms with Crippen molar-refractivity contribution in [2.24, 2.45) is 5.92 Å². The van der Waals surface area contributed by atoms with Crippen LogP contribution < -0.4 is 5.32 Å². The third-order valence-electron chi connectivity index (χ3n) is 5.12. The molecular weight excluding hydrogens is 244 g/mol. The highest BCUT2D eigenvalue weighted by Gasteiger charge is 2.22. The van der Waals surface area contributed by atoms with E-state index in [-0.39, 0.29) is 0 Å². The van der Waals surface area contributed by atoms with Crippen molar-refractivity contribution >= 4 is 0 Å². The minimum atomic E-state index is 0.785. The SMILES string of the molecule is CC1CCCC(N(C)Cc2ccc3c(c2)CNCC3)C1. The summed E-state index contributed by atoms with van der Waals surface area (Å²) < 4.78 is 0. The van der Waals surface area contributed by atoms with Crippen molar-refractivity contribution in [3.8, 4) is 0 Å². The topological polar surface area (TPSA) is 15.3 Å². The van der Waals surface area contributed by atoms with E-state index in [0.717, 1.165) is 31.6 Å². The van der Waals surface area contributed by atoms with Crippen molar-refractivity contribution < 1.29 is 0 Å². The molecule has 2 nitrogen and oxygen atoms in total. The van der Waals surface area contributed by atoms with Crippen LogP contribution in [0.5, 0.6) is 0 Å². The highest BCUT2D eigenvalue weighted by atomic mass is 15.1. The highest BCUT2D eigenvalue weighted by molar-refractivity contribution is 5.33. The quantitative estimate of drug-likeness (QED) is 0.908. The Kier molecular flexibility index (Phi) is 4.42. The molecule has 1 fully saturated rings. The lowest BCUT2D eigenvalue weighted by Crippen LogP contribution is -2.35. The first-order chi connectivity index (χ1) is 9.72. The second-order valence-electron chi connectivity index (χ2n) is 6.87. The number of fused-ring (bicyclic) bond motifs is 1. The Morgan fingerprint density at radius 1 is 1.25 bits per heavy atom. The van der Waals surface area contributed by atoms with Gasteiger partial charge in [-0.2, -0.15) is 0 Å². The molecule has 20 heavy (non-hydrogen) atoms. The van der Waals surface area contributed by atoms with E-state index in [9.17, 15) is 0 Å². The van der Waals surface area contributed by atoms with Crippen LogP contribution in [-0.4, -0.2) is 24.5 Å². The van der Waals surface area contributed by atoms with Gasteiger partial charge < -0.3 is 5.32 Å². The van der Waals surface area contributed by atoms with Gasteiger partial charge in [0.15, 0.2) is 0 Å². The van der Waals surface area contributed by atoms with Crippen LogP contribution in [0.2, 0.25) is 0 Å². The average Bonchev–Trinajstić information content (AvgIpc) is 2.47. The van der Waals surface area contributed by atoms with Gasteiger partial charge in [-0.05, 0) is 55.5 Å². The predicted octanol–water partition coefficient (Wildman–Crippen LogP) is 3.34. The van der Waals surface area contributed by atoms with Gasteiger partial charge in [0.2, 0.25) is 0 Å². The lowest BCUT2D eigenvalue weighted by Gasteiger charge is -2.34. The summed E-state index contributed by atoms with van der Waals surface area (Å²) in [6, 6.07) is 7.90. The molecule has 1 N–H and O–H groups in total. The molecule has 1 saturated carbocycles. The highest BCUT2D eigenvalue weighted by Crippen LogP contribution is 2.27. The van der Waals surface area contributed by atoms with Crippen molar-refractivity contribution in [3.63, 3.8) is 0 Å². The molecule has 0 amide bonds. The normalized spacial score (nSPS) is 26.6. The summed E-state index contributed by atoms with van der Waals surface area (Å²) in [5.41, 5.74) is 4.54. The molecule has 1 aliphatic heterocycles. The standard InChI is InChI=1S/C18H28N2/c1-14-4-3-5-18(10-14)20(2)13-15-6-7-16-8-9-19-12-17(16)11-15/h6-7,11,14,18-19H,3-5,8-10,12-13H2,1-2H3. The van der Waals surface area contributed by atoms with E-state index >= 15 is 0 Å². The number of rotatable bonds is 3. The van der Waals surface area contributed by atoms with Gasteiger partial charge in [0, 0.05) is 19.1 Å². The van der Waals surface area contributed by atoms with E-state index in [0.29, 0.717) is 0 Å². The first-order valence-corrected chi connectivity index (χ1v) is 8.24. The Bertz CT molecular complexity index is 455. The lowest BCUT2D eigenvalue weighted by molar-refractivity contribution is 0.157. The smallest absolute Gasteiger partial charge is 0.0233 e. The van der Waals surface area contributed by atoms with Crippen LogP contribution in [0.25, 0.3) is 0 Å². The van der Waals surface area contributed by atoms with Crippen LogP contribution in [0.4, 0.5) is 0 Å². The second kappa shape index (κ2) is 6.28. The van der Waals surface area contributed by atoms with Crippen LogP contribution in [0, 0.1) is 5.92 Å². The van der Waals surface area contributed by atoms with Crippen molar-refractivity contribution in [2.75, 3.05) is 13.6 Å². The molecule has 0 aromatic heterocycles. The fourth-order valence-electron chi connectivity index (χ4n) is 3.85. The minimum absolute atomic E-state index is 0.785. The van der Waals surface area contributed by atoms with E-state index in [1.165, 1.54) is 43.2 Å². The Morgan fingerprint density at radius 2 is 2.15 bits per heavy atom. The van der Waals surface area contributed by atoms with Crippen LogP contribution >= 0.6 is 0 Å². The molecule has 2 aliphatic rings. The summed E-state index contributed by atoms with van der Waals surface area (Å²) in [4.78, 5) is 2.58. The number of hydrogen-bond donors (Lipinski definition) is 1. The van der Waals surface area contributed by atoms with E-state index in [1.54, 1.807) is 5.56 Å². The Morgan fingerprint density at radius 3 is 3.00 bits per heavy atom. The first kappa shape index (κ1) is 14.1. The van der Waals surface area contributed by atoms with Gasteiger partial charge in [-0.25, -0.2) is 0 Å². The summed E-state index contributed by atoms with van der Waals surface area (Å²) in [5, 5.41) is 3.48. The van der Waals surface area contributed by atoms with E-state index in [4.69, 9.17) is 0 Å².